The van der Waals surface area contributed by atoms with Crippen LogP contribution in [0.2, 0.25) is 0 Å². The van der Waals surface area contributed by atoms with Crippen molar-refractivity contribution in [2.24, 2.45) is 5.14 Å². The number of rotatable bonds is 5. The fraction of sp³-hybridized carbons (Fsp3) is 0.222. The predicted molar refractivity (Wildman–Crippen MR) is 58.2 cm³/mol. The Kier molecular flexibility index (Phi) is 3.99. The summed E-state index contributed by atoms with van der Waals surface area (Å²) in [6.45, 7) is 0.0725. The first-order valence-corrected chi connectivity index (χ1v) is 6.03. The van der Waals surface area contributed by atoms with Crippen LogP contribution in [-0.2, 0) is 16.6 Å². The first kappa shape index (κ1) is 12.6. The largest absolute Gasteiger partial charge is 0.478 e. The highest BCUT2D eigenvalue weighted by Gasteiger charge is 2.09. The Morgan fingerprint density at radius 3 is 2.56 bits per heavy atom. The van der Waals surface area contributed by atoms with Crippen LogP contribution >= 0.6 is 0 Å². The Bertz CT molecular complexity index is 484. The minimum absolute atomic E-state index is 0.0725. The maximum absolute atomic E-state index is 10.8. The molecule has 0 radical (unpaired) electrons. The van der Waals surface area contributed by atoms with Gasteiger partial charge < -0.3 is 5.11 Å². The van der Waals surface area contributed by atoms with E-state index in [4.69, 9.17) is 10.2 Å². The molecule has 0 fully saturated rings. The lowest BCUT2D eigenvalue weighted by molar-refractivity contribution is 0.0695. The van der Waals surface area contributed by atoms with Crippen molar-refractivity contribution in [3.63, 3.8) is 0 Å². The molecule has 6 nitrogen and oxygen atoms in total. The van der Waals surface area contributed by atoms with Gasteiger partial charge in [-0.25, -0.2) is 14.7 Å². The normalized spacial score (nSPS) is 11.3. The molecule has 0 aliphatic carbocycles. The average molecular weight is 244 g/mol. The summed E-state index contributed by atoms with van der Waals surface area (Å²) in [5.41, 5.74) is 0.727. The van der Waals surface area contributed by atoms with E-state index in [1.807, 2.05) is 0 Å². The number of nitrogens with one attached hydrogen (secondary N) is 1. The van der Waals surface area contributed by atoms with Crippen molar-refractivity contribution < 1.29 is 18.3 Å². The Labute approximate surface area is 93.3 Å². The van der Waals surface area contributed by atoms with Crippen LogP contribution in [0.25, 0.3) is 0 Å². The van der Waals surface area contributed by atoms with Gasteiger partial charge in [-0.05, 0) is 18.1 Å². The summed E-state index contributed by atoms with van der Waals surface area (Å²) in [5, 5.41) is 13.6. The highest BCUT2D eigenvalue weighted by Crippen LogP contribution is 2.08. The van der Waals surface area contributed by atoms with E-state index in [1.165, 1.54) is 6.07 Å². The van der Waals surface area contributed by atoms with Crippen LogP contribution in [0.5, 0.6) is 0 Å². The van der Waals surface area contributed by atoms with Gasteiger partial charge in [0.25, 0.3) is 10.2 Å². The van der Waals surface area contributed by atoms with E-state index in [9.17, 15) is 13.2 Å². The van der Waals surface area contributed by atoms with Gasteiger partial charge in [0.1, 0.15) is 0 Å². The van der Waals surface area contributed by atoms with E-state index >= 15 is 0 Å². The molecule has 1 aromatic carbocycles. The van der Waals surface area contributed by atoms with Gasteiger partial charge in [-0.15, -0.1) is 0 Å². The first-order valence-electron chi connectivity index (χ1n) is 4.49. The van der Waals surface area contributed by atoms with Crippen molar-refractivity contribution in [2.45, 2.75) is 6.42 Å². The zero-order valence-corrected chi connectivity index (χ0v) is 9.20. The number of hydrogen-bond acceptors (Lipinski definition) is 3. The Morgan fingerprint density at radius 2 is 2.00 bits per heavy atom. The van der Waals surface area contributed by atoms with Crippen molar-refractivity contribution >= 4 is 16.2 Å². The van der Waals surface area contributed by atoms with Gasteiger partial charge in [-0.3, -0.25) is 0 Å². The maximum Gasteiger partial charge on any atom is 0.335 e. The van der Waals surface area contributed by atoms with Gasteiger partial charge in [-0.1, -0.05) is 18.2 Å². The van der Waals surface area contributed by atoms with E-state index in [0.29, 0.717) is 5.56 Å². The molecule has 1 aromatic rings. The summed E-state index contributed by atoms with van der Waals surface area (Å²) in [5.74, 6) is -1.04. The van der Waals surface area contributed by atoms with Crippen LogP contribution in [0.3, 0.4) is 0 Å². The van der Waals surface area contributed by atoms with E-state index in [2.05, 4.69) is 4.72 Å². The third kappa shape index (κ3) is 3.97. The summed E-state index contributed by atoms with van der Waals surface area (Å²) in [7, 11) is -3.72. The quantitative estimate of drug-likeness (QED) is 0.661. The first-order chi connectivity index (χ1) is 7.40. The molecule has 0 saturated heterocycles. The third-order valence-electron chi connectivity index (χ3n) is 1.95. The molecule has 0 atom stereocenters. The fourth-order valence-electron chi connectivity index (χ4n) is 1.27. The van der Waals surface area contributed by atoms with Crippen molar-refractivity contribution in [1.29, 1.82) is 0 Å². The number of carbonyl (C=O) groups is 1. The smallest absolute Gasteiger partial charge is 0.335 e. The summed E-state index contributed by atoms with van der Waals surface area (Å²) >= 11 is 0. The lowest BCUT2D eigenvalue weighted by atomic mass is 10.1. The monoisotopic (exact) mass is 244 g/mol. The second kappa shape index (κ2) is 5.06. The van der Waals surface area contributed by atoms with E-state index < -0.39 is 16.2 Å². The molecule has 0 aliphatic rings. The Morgan fingerprint density at radius 1 is 1.38 bits per heavy atom. The summed E-state index contributed by atoms with van der Waals surface area (Å²) < 4.78 is 23.3. The molecule has 0 bridgehead atoms. The van der Waals surface area contributed by atoms with E-state index in [-0.39, 0.29) is 18.5 Å². The average Bonchev–Trinajstić information content (AvgIpc) is 2.16. The third-order valence-corrected chi connectivity index (χ3v) is 2.55. The Balaban J connectivity index is 2.71. The zero-order valence-electron chi connectivity index (χ0n) is 8.38. The second-order valence-electron chi connectivity index (χ2n) is 3.15. The van der Waals surface area contributed by atoms with Gasteiger partial charge in [0.15, 0.2) is 0 Å². The zero-order chi connectivity index (χ0) is 12.2. The highest BCUT2D eigenvalue weighted by atomic mass is 32.2. The van der Waals surface area contributed by atoms with Crippen LogP contribution in [-0.4, -0.2) is 26.0 Å². The van der Waals surface area contributed by atoms with Crippen molar-refractivity contribution in [2.75, 3.05) is 6.54 Å². The topological polar surface area (TPSA) is 109 Å². The molecule has 0 amide bonds. The van der Waals surface area contributed by atoms with Gasteiger partial charge >= 0.3 is 5.97 Å². The van der Waals surface area contributed by atoms with Crippen LogP contribution in [0.4, 0.5) is 0 Å². The molecule has 0 unspecified atom stereocenters. The van der Waals surface area contributed by atoms with Crippen molar-refractivity contribution in [3.05, 3.63) is 35.4 Å². The lowest BCUT2D eigenvalue weighted by Gasteiger charge is -2.05. The van der Waals surface area contributed by atoms with E-state index in [0.717, 1.165) is 0 Å². The van der Waals surface area contributed by atoms with Crippen LogP contribution in [0, 0.1) is 0 Å². The molecular weight excluding hydrogens is 232 g/mol. The second-order valence-corrected chi connectivity index (χ2v) is 4.53. The molecule has 1 rings (SSSR count). The van der Waals surface area contributed by atoms with Crippen LogP contribution < -0.4 is 9.86 Å². The number of hydrogen-bond donors (Lipinski definition) is 3. The molecule has 88 valence electrons. The predicted octanol–water partition coefficient (Wildman–Crippen LogP) is -0.280. The molecule has 4 N–H and O–H groups in total. The van der Waals surface area contributed by atoms with Gasteiger partial charge in [0.2, 0.25) is 0 Å². The van der Waals surface area contributed by atoms with Crippen molar-refractivity contribution in [3.8, 4) is 0 Å². The standard InChI is InChI=1S/C9H12N2O4S/c10-16(14,15)11-6-5-7-3-1-2-4-8(7)9(12)13/h1-4,11H,5-6H2,(H,12,13)(H2,10,14,15). The molecular formula is C9H12N2O4S. The minimum atomic E-state index is -3.72. The number of carboxylic acid groups (broad SMARTS) is 1. The molecule has 7 heteroatoms. The van der Waals surface area contributed by atoms with Crippen LogP contribution in [0.1, 0.15) is 15.9 Å². The van der Waals surface area contributed by atoms with Gasteiger partial charge in [0, 0.05) is 6.54 Å². The maximum atomic E-state index is 10.8. The number of nitrogens with two attached hydrogens (primary N) is 1. The summed E-state index contributed by atoms with van der Waals surface area (Å²) in [6.07, 6.45) is 0.277. The molecule has 0 saturated carbocycles. The number of carboxylic acids is 1. The number of aromatic carboxylic acids is 1. The molecule has 0 spiro atoms. The van der Waals surface area contributed by atoms with Crippen LogP contribution in [0.15, 0.2) is 24.3 Å². The van der Waals surface area contributed by atoms with Crippen molar-refractivity contribution in [1.82, 2.24) is 4.72 Å². The molecule has 0 aromatic heterocycles. The molecule has 0 aliphatic heterocycles. The highest BCUT2D eigenvalue weighted by molar-refractivity contribution is 7.87. The summed E-state index contributed by atoms with van der Waals surface area (Å²) in [6, 6.07) is 6.40. The van der Waals surface area contributed by atoms with E-state index in [1.54, 1.807) is 18.2 Å². The Hall–Kier alpha value is -1.44. The minimum Gasteiger partial charge on any atom is -0.478 e. The number of benzene rings is 1. The van der Waals surface area contributed by atoms with Gasteiger partial charge in [0.05, 0.1) is 5.56 Å². The molecule has 0 heterocycles. The van der Waals surface area contributed by atoms with Gasteiger partial charge in [-0.2, -0.15) is 8.42 Å². The lowest BCUT2D eigenvalue weighted by Crippen LogP contribution is -2.32. The molecule has 16 heavy (non-hydrogen) atoms. The SMILES string of the molecule is NS(=O)(=O)NCCc1ccccc1C(=O)O. The fourth-order valence-corrected chi connectivity index (χ4v) is 1.66. The summed E-state index contributed by atoms with van der Waals surface area (Å²) in [4.78, 5) is 10.8.